The van der Waals surface area contributed by atoms with Gasteiger partial charge in [-0.2, -0.15) is 0 Å². The van der Waals surface area contributed by atoms with Crippen LogP contribution in [-0.4, -0.2) is 35.5 Å². The monoisotopic (exact) mass is 314 g/mol. The van der Waals surface area contributed by atoms with Crippen LogP contribution in [-0.2, 0) is 9.59 Å². The molecule has 0 saturated carbocycles. The van der Waals surface area contributed by atoms with E-state index in [2.05, 4.69) is 5.32 Å². The van der Waals surface area contributed by atoms with Crippen LogP contribution in [0.1, 0.15) is 44.1 Å². The Hall–Kier alpha value is -2.04. The number of rotatable bonds is 1. The van der Waals surface area contributed by atoms with E-state index in [-0.39, 0.29) is 17.7 Å². The molecule has 0 spiro atoms. The van der Waals surface area contributed by atoms with Crippen LogP contribution in [0.15, 0.2) is 24.3 Å². The third kappa shape index (κ3) is 2.38. The molecule has 4 rings (SSSR count). The summed E-state index contributed by atoms with van der Waals surface area (Å²) in [4.78, 5) is 27.5. The van der Waals surface area contributed by atoms with E-state index in [0.717, 1.165) is 37.2 Å². The van der Waals surface area contributed by atoms with Crippen molar-refractivity contribution in [2.45, 2.75) is 44.2 Å². The van der Waals surface area contributed by atoms with E-state index >= 15 is 0 Å². The van der Waals surface area contributed by atoms with Crippen LogP contribution in [0.5, 0.6) is 5.75 Å². The number of amides is 2. The van der Waals surface area contributed by atoms with Crippen molar-refractivity contribution in [3.05, 3.63) is 29.8 Å². The first-order valence-electron chi connectivity index (χ1n) is 8.46. The fourth-order valence-corrected chi connectivity index (χ4v) is 4.18. The first-order chi connectivity index (χ1) is 11.1. The zero-order valence-electron chi connectivity index (χ0n) is 13.4. The maximum absolute atomic E-state index is 13.0. The van der Waals surface area contributed by atoms with E-state index in [4.69, 9.17) is 4.74 Å². The van der Waals surface area contributed by atoms with Crippen LogP contribution in [0.4, 0.5) is 0 Å². The molecule has 1 N–H and O–H groups in total. The Kier molecular flexibility index (Phi) is 3.32. The van der Waals surface area contributed by atoms with Gasteiger partial charge < -0.3 is 15.0 Å². The molecule has 3 heterocycles. The molecule has 0 unspecified atom stereocenters. The van der Waals surface area contributed by atoms with E-state index in [0.29, 0.717) is 6.42 Å². The lowest BCUT2D eigenvalue weighted by Gasteiger charge is -2.47. The van der Waals surface area contributed by atoms with Crippen molar-refractivity contribution in [3.8, 4) is 5.75 Å². The normalized spacial score (nSPS) is 32.6. The molecule has 122 valence electrons. The number of benzene rings is 1. The molecule has 2 fully saturated rings. The molecule has 3 aliphatic heterocycles. The summed E-state index contributed by atoms with van der Waals surface area (Å²) in [6, 6.07) is 7.76. The molecule has 2 saturated heterocycles. The number of nitrogens with one attached hydrogen (secondary N) is 1. The van der Waals surface area contributed by atoms with Gasteiger partial charge in [-0.1, -0.05) is 18.2 Å². The van der Waals surface area contributed by atoms with Crippen LogP contribution < -0.4 is 10.1 Å². The average Bonchev–Trinajstić information content (AvgIpc) is 2.54. The van der Waals surface area contributed by atoms with Gasteiger partial charge in [0.2, 0.25) is 11.8 Å². The Labute approximate surface area is 136 Å². The molecule has 5 nitrogen and oxygen atoms in total. The predicted molar refractivity (Wildman–Crippen MR) is 84.9 cm³/mol. The number of hydrogen-bond donors (Lipinski definition) is 1. The van der Waals surface area contributed by atoms with E-state index in [9.17, 15) is 9.59 Å². The van der Waals surface area contributed by atoms with Crippen molar-refractivity contribution < 1.29 is 14.3 Å². The Morgan fingerprint density at radius 3 is 2.78 bits per heavy atom. The number of carbonyl (C=O) groups is 2. The lowest BCUT2D eigenvalue weighted by Crippen LogP contribution is -2.63. The lowest BCUT2D eigenvalue weighted by atomic mass is 9.74. The minimum atomic E-state index is -0.714. The molecule has 1 aromatic rings. The maximum atomic E-state index is 13.0. The van der Waals surface area contributed by atoms with Gasteiger partial charge in [-0.3, -0.25) is 9.59 Å². The first-order valence-corrected chi connectivity index (χ1v) is 8.46. The van der Waals surface area contributed by atoms with Crippen LogP contribution in [0.25, 0.3) is 0 Å². The number of hydrogen-bond acceptors (Lipinski definition) is 3. The molecule has 0 aromatic heterocycles. The van der Waals surface area contributed by atoms with Gasteiger partial charge in [-0.05, 0) is 37.8 Å². The van der Waals surface area contributed by atoms with Crippen molar-refractivity contribution >= 4 is 11.8 Å². The van der Waals surface area contributed by atoms with Gasteiger partial charge in [0, 0.05) is 25.4 Å². The van der Waals surface area contributed by atoms with E-state index < -0.39 is 11.6 Å². The fraction of sp³-hybridized carbons (Fsp3) is 0.556. The maximum Gasteiger partial charge on any atom is 0.236 e. The van der Waals surface area contributed by atoms with Gasteiger partial charge >= 0.3 is 0 Å². The summed E-state index contributed by atoms with van der Waals surface area (Å²) in [5, 5.41) is 2.93. The van der Waals surface area contributed by atoms with Gasteiger partial charge in [0.1, 0.15) is 11.7 Å². The highest BCUT2D eigenvalue weighted by Crippen LogP contribution is 2.47. The largest absolute Gasteiger partial charge is 0.468 e. The molecule has 23 heavy (non-hydrogen) atoms. The van der Waals surface area contributed by atoms with Crippen molar-refractivity contribution in [3.63, 3.8) is 0 Å². The third-order valence-corrected chi connectivity index (χ3v) is 5.27. The second-order valence-electron chi connectivity index (χ2n) is 7.03. The highest BCUT2D eigenvalue weighted by molar-refractivity contribution is 6.02. The summed E-state index contributed by atoms with van der Waals surface area (Å²) >= 11 is 0. The SMILES string of the molecule is C[C@@]12C[C@H](c3ccccc3O1)[C@H](C(=O)N1CCCCC1)C(=O)N2. The second kappa shape index (κ2) is 5.25. The Balaban J connectivity index is 1.70. The Bertz CT molecular complexity index is 653. The number of nitrogens with zero attached hydrogens (tertiary/aromatic N) is 1. The van der Waals surface area contributed by atoms with E-state index in [1.165, 1.54) is 6.42 Å². The van der Waals surface area contributed by atoms with Gasteiger partial charge in [-0.15, -0.1) is 0 Å². The molecule has 2 bridgehead atoms. The number of ether oxygens (including phenoxy) is 1. The zero-order chi connectivity index (χ0) is 16.0. The molecular formula is C18H22N2O3. The fourth-order valence-electron chi connectivity index (χ4n) is 4.18. The summed E-state index contributed by atoms with van der Waals surface area (Å²) in [6.45, 7) is 3.42. The zero-order valence-corrected chi connectivity index (χ0v) is 13.4. The van der Waals surface area contributed by atoms with Crippen LogP contribution in [0.3, 0.4) is 0 Å². The second-order valence-corrected chi connectivity index (χ2v) is 7.03. The topological polar surface area (TPSA) is 58.6 Å². The van der Waals surface area contributed by atoms with Crippen molar-refractivity contribution in [2.24, 2.45) is 5.92 Å². The lowest BCUT2D eigenvalue weighted by molar-refractivity contribution is -0.152. The summed E-state index contributed by atoms with van der Waals surface area (Å²) in [5.41, 5.74) is 0.268. The standard InChI is InChI=1S/C18H22N2O3/c1-18-11-13(12-7-3-4-8-14(12)23-18)15(16(21)19-18)17(22)20-9-5-2-6-10-20/h3-4,7-8,13,15H,2,5-6,9-11H2,1H3,(H,19,21)/t13-,15+,18+/m1/s1. The minimum Gasteiger partial charge on any atom is -0.468 e. The van der Waals surface area contributed by atoms with E-state index in [1.807, 2.05) is 36.1 Å². The van der Waals surface area contributed by atoms with Crippen molar-refractivity contribution in [2.75, 3.05) is 13.1 Å². The number of carbonyl (C=O) groups excluding carboxylic acids is 2. The molecular weight excluding hydrogens is 292 g/mol. The highest BCUT2D eigenvalue weighted by Gasteiger charge is 2.52. The first kappa shape index (κ1) is 14.5. The highest BCUT2D eigenvalue weighted by atomic mass is 16.5. The molecule has 2 amide bonds. The average molecular weight is 314 g/mol. The summed E-state index contributed by atoms with van der Waals surface area (Å²) in [6.07, 6.45) is 3.86. The van der Waals surface area contributed by atoms with Crippen LogP contribution in [0.2, 0.25) is 0 Å². The molecule has 0 aliphatic carbocycles. The molecule has 3 atom stereocenters. The number of likely N-dealkylation sites (tertiary alicyclic amines) is 1. The smallest absolute Gasteiger partial charge is 0.236 e. The molecule has 1 aromatic carbocycles. The minimum absolute atomic E-state index is 0.0223. The van der Waals surface area contributed by atoms with Crippen LogP contribution in [0, 0.1) is 5.92 Å². The van der Waals surface area contributed by atoms with Gasteiger partial charge in [0.25, 0.3) is 0 Å². The Morgan fingerprint density at radius 2 is 2.00 bits per heavy atom. The molecule has 5 heteroatoms. The van der Waals surface area contributed by atoms with Gasteiger partial charge in [0.05, 0.1) is 0 Å². The molecule has 3 aliphatic rings. The molecule has 0 radical (unpaired) electrons. The van der Waals surface area contributed by atoms with Gasteiger partial charge in [-0.25, -0.2) is 0 Å². The predicted octanol–water partition coefficient (Wildman–Crippen LogP) is 2.03. The Morgan fingerprint density at radius 1 is 1.26 bits per heavy atom. The van der Waals surface area contributed by atoms with Crippen LogP contribution >= 0.6 is 0 Å². The van der Waals surface area contributed by atoms with E-state index in [1.54, 1.807) is 0 Å². The number of fused-ring (bicyclic) bond motifs is 4. The summed E-state index contributed by atoms with van der Waals surface area (Å²) in [7, 11) is 0. The third-order valence-electron chi connectivity index (χ3n) is 5.27. The number of piperidine rings is 2. The van der Waals surface area contributed by atoms with Crippen molar-refractivity contribution in [1.29, 1.82) is 0 Å². The van der Waals surface area contributed by atoms with Crippen molar-refractivity contribution in [1.82, 2.24) is 10.2 Å². The number of para-hydroxylation sites is 1. The van der Waals surface area contributed by atoms with Gasteiger partial charge in [0.15, 0.2) is 5.72 Å². The summed E-state index contributed by atoms with van der Waals surface area (Å²) in [5.74, 6) is -0.179. The quantitative estimate of drug-likeness (QED) is 0.807. The summed E-state index contributed by atoms with van der Waals surface area (Å²) < 4.78 is 5.98.